The van der Waals surface area contributed by atoms with Crippen LogP contribution in [0.1, 0.15) is 37.4 Å². The number of anilines is 2. The van der Waals surface area contributed by atoms with E-state index in [9.17, 15) is 0 Å². The molecule has 0 aliphatic rings. The first-order valence-electron chi connectivity index (χ1n) is 7.45. The van der Waals surface area contributed by atoms with E-state index in [1.165, 1.54) is 11.1 Å². The Labute approximate surface area is 127 Å². The van der Waals surface area contributed by atoms with Crippen molar-refractivity contribution in [1.29, 1.82) is 0 Å². The average molecular weight is 284 g/mol. The quantitative estimate of drug-likeness (QED) is 0.766. The van der Waals surface area contributed by atoms with E-state index in [0.29, 0.717) is 12.3 Å². The number of ether oxygens (including phenoxy) is 1. The molecule has 1 atom stereocenters. The number of benzene rings is 2. The van der Waals surface area contributed by atoms with Crippen molar-refractivity contribution in [2.24, 2.45) is 0 Å². The molecule has 0 bridgehead atoms. The fraction of sp³-hybridized carbons (Fsp3) is 0.333. The van der Waals surface area contributed by atoms with E-state index in [1.54, 1.807) is 0 Å². The van der Waals surface area contributed by atoms with Crippen molar-refractivity contribution in [2.75, 3.05) is 17.7 Å². The Balaban J connectivity index is 2.10. The van der Waals surface area contributed by atoms with Gasteiger partial charge in [0.2, 0.25) is 0 Å². The molecule has 1 unspecified atom stereocenters. The molecule has 2 aromatic rings. The van der Waals surface area contributed by atoms with E-state index >= 15 is 0 Å². The first-order valence-corrected chi connectivity index (χ1v) is 7.45. The third-order valence-corrected chi connectivity index (χ3v) is 3.36. The number of nitrogen functional groups attached to an aromatic ring is 1. The van der Waals surface area contributed by atoms with Crippen molar-refractivity contribution in [3.63, 3.8) is 0 Å². The Morgan fingerprint density at radius 3 is 2.52 bits per heavy atom. The van der Waals surface area contributed by atoms with Crippen molar-refractivity contribution < 1.29 is 4.74 Å². The fourth-order valence-corrected chi connectivity index (χ4v) is 2.20. The highest BCUT2D eigenvalue weighted by Gasteiger charge is 2.07. The van der Waals surface area contributed by atoms with Gasteiger partial charge in [0.1, 0.15) is 5.75 Å². The number of nitrogens with one attached hydrogen (secondary N) is 1. The predicted molar refractivity (Wildman–Crippen MR) is 89.9 cm³/mol. The second-order valence-electron chi connectivity index (χ2n) is 5.42. The molecule has 0 spiro atoms. The van der Waals surface area contributed by atoms with E-state index in [0.717, 1.165) is 17.9 Å². The van der Waals surface area contributed by atoms with Crippen LogP contribution in [0.4, 0.5) is 11.4 Å². The molecule has 0 saturated heterocycles. The Morgan fingerprint density at radius 2 is 1.86 bits per heavy atom. The highest BCUT2D eigenvalue weighted by molar-refractivity contribution is 5.59. The van der Waals surface area contributed by atoms with Crippen LogP contribution >= 0.6 is 0 Å². The Kier molecular flexibility index (Phi) is 5.09. The number of nitrogens with two attached hydrogens (primary N) is 1. The van der Waals surface area contributed by atoms with Gasteiger partial charge in [-0.1, -0.05) is 36.8 Å². The molecule has 0 heterocycles. The largest absolute Gasteiger partial charge is 0.493 e. The molecule has 0 saturated carbocycles. The molecular formula is C18H24N2O. The molecule has 0 aliphatic carbocycles. The van der Waals surface area contributed by atoms with Crippen molar-refractivity contribution in [3.05, 3.63) is 53.6 Å². The first kappa shape index (κ1) is 15.2. The molecule has 3 nitrogen and oxygen atoms in total. The van der Waals surface area contributed by atoms with Gasteiger partial charge in [0.05, 0.1) is 6.61 Å². The highest BCUT2D eigenvalue weighted by Crippen LogP contribution is 2.26. The molecule has 0 amide bonds. The number of aryl methyl sites for hydroxylation is 1. The first-order chi connectivity index (χ1) is 10.1. The smallest absolute Gasteiger partial charge is 0.123 e. The maximum absolute atomic E-state index is 5.95. The van der Waals surface area contributed by atoms with Crippen molar-refractivity contribution in [1.82, 2.24) is 0 Å². The van der Waals surface area contributed by atoms with Crippen LogP contribution in [-0.4, -0.2) is 6.61 Å². The highest BCUT2D eigenvalue weighted by atomic mass is 16.5. The van der Waals surface area contributed by atoms with Crippen molar-refractivity contribution >= 4 is 11.4 Å². The Morgan fingerprint density at radius 1 is 1.14 bits per heavy atom. The molecule has 0 fully saturated rings. The maximum Gasteiger partial charge on any atom is 0.123 e. The lowest BCUT2D eigenvalue weighted by atomic mass is 10.1. The standard InChI is InChI=1S/C18H24N2O/c1-4-9-21-18-11-16(19)10-17(12-18)20-14(3)15-7-5-13(2)6-8-15/h5-8,10-12,14,20H,4,9,19H2,1-3H3. The van der Waals surface area contributed by atoms with Crippen molar-refractivity contribution in [2.45, 2.75) is 33.2 Å². The third kappa shape index (κ3) is 4.42. The fourth-order valence-electron chi connectivity index (χ4n) is 2.20. The third-order valence-electron chi connectivity index (χ3n) is 3.36. The molecule has 3 heteroatoms. The number of rotatable bonds is 6. The molecule has 0 radical (unpaired) electrons. The summed E-state index contributed by atoms with van der Waals surface area (Å²) in [6.45, 7) is 7.03. The van der Waals surface area contributed by atoms with E-state index in [4.69, 9.17) is 10.5 Å². The number of hydrogen-bond donors (Lipinski definition) is 2. The monoisotopic (exact) mass is 284 g/mol. The van der Waals surface area contributed by atoms with Gasteiger partial charge in [-0.05, 0) is 31.9 Å². The lowest BCUT2D eigenvalue weighted by molar-refractivity contribution is 0.318. The van der Waals surface area contributed by atoms with Gasteiger partial charge in [-0.3, -0.25) is 0 Å². The normalized spacial score (nSPS) is 12.0. The van der Waals surface area contributed by atoms with Gasteiger partial charge >= 0.3 is 0 Å². The Bertz CT molecular complexity index is 578. The summed E-state index contributed by atoms with van der Waals surface area (Å²) >= 11 is 0. The van der Waals surface area contributed by atoms with Crippen LogP contribution in [0, 0.1) is 6.92 Å². The number of hydrogen-bond acceptors (Lipinski definition) is 3. The second kappa shape index (κ2) is 7.02. The minimum absolute atomic E-state index is 0.214. The van der Waals surface area contributed by atoms with Gasteiger partial charge in [0.15, 0.2) is 0 Å². The van der Waals surface area contributed by atoms with Gasteiger partial charge in [0, 0.05) is 29.5 Å². The summed E-state index contributed by atoms with van der Waals surface area (Å²) in [5.74, 6) is 0.815. The van der Waals surface area contributed by atoms with Gasteiger partial charge in [-0.2, -0.15) is 0 Å². The topological polar surface area (TPSA) is 47.3 Å². The van der Waals surface area contributed by atoms with Crippen LogP contribution in [0.3, 0.4) is 0 Å². The summed E-state index contributed by atoms with van der Waals surface area (Å²) in [6.07, 6.45) is 0.983. The molecule has 0 aliphatic heterocycles. The molecule has 3 N–H and O–H groups in total. The van der Waals surface area contributed by atoms with Gasteiger partial charge < -0.3 is 15.8 Å². The molecule has 21 heavy (non-hydrogen) atoms. The van der Waals surface area contributed by atoms with Crippen LogP contribution in [0.15, 0.2) is 42.5 Å². The summed E-state index contributed by atoms with van der Waals surface area (Å²) in [7, 11) is 0. The zero-order valence-electron chi connectivity index (χ0n) is 13.0. The van der Waals surface area contributed by atoms with Gasteiger partial charge in [-0.15, -0.1) is 0 Å². The van der Waals surface area contributed by atoms with Crippen LogP contribution in [-0.2, 0) is 0 Å². The van der Waals surface area contributed by atoms with Crippen LogP contribution in [0.25, 0.3) is 0 Å². The predicted octanol–water partition coefficient (Wildman–Crippen LogP) is 4.54. The van der Waals surface area contributed by atoms with Crippen LogP contribution < -0.4 is 15.8 Å². The lowest BCUT2D eigenvalue weighted by Gasteiger charge is -2.17. The second-order valence-corrected chi connectivity index (χ2v) is 5.42. The van der Waals surface area contributed by atoms with E-state index in [2.05, 4.69) is 50.4 Å². The van der Waals surface area contributed by atoms with E-state index in [-0.39, 0.29) is 6.04 Å². The lowest BCUT2D eigenvalue weighted by Crippen LogP contribution is -2.07. The minimum Gasteiger partial charge on any atom is -0.493 e. The summed E-state index contributed by atoms with van der Waals surface area (Å²) < 4.78 is 5.66. The van der Waals surface area contributed by atoms with Gasteiger partial charge in [-0.25, -0.2) is 0 Å². The van der Waals surface area contributed by atoms with Crippen LogP contribution in [0.5, 0.6) is 5.75 Å². The maximum atomic E-state index is 5.95. The van der Waals surface area contributed by atoms with E-state index < -0.39 is 0 Å². The average Bonchev–Trinajstić information content (AvgIpc) is 2.45. The summed E-state index contributed by atoms with van der Waals surface area (Å²) in [5, 5.41) is 3.48. The zero-order valence-corrected chi connectivity index (χ0v) is 13.0. The molecule has 2 aromatic carbocycles. The minimum atomic E-state index is 0.214. The summed E-state index contributed by atoms with van der Waals surface area (Å²) in [4.78, 5) is 0. The SMILES string of the molecule is CCCOc1cc(N)cc(NC(C)c2ccc(C)cc2)c1. The van der Waals surface area contributed by atoms with Crippen molar-refractivity contribution in [3.8, 4) is 5.75 Å². The molecular weight excluding hydrogens is 260 g/mol. The van der Waals surface area contributed by atoms with Gasteiger partial charge in [0.25, 0.3) is 0 Å². The molecule has 112 valence electrons. The van der Waals surface area contributed by atoms with Crippen LogP contribution in [0.2, 0.25) is 0 Å². The molecule has 2 rings (SSSR count). The zero-order chi connectivity index (χ0) is 15.2. The molecule has 0 aromatic heterocycles. The summed E-state index contributed by atoms with van der Waals surface area (Å²) in [5.41, 5.74) is 10.2. The Hall–Kier alpha value is -2.16. The van der Waals surface area contributed by atoms with E-state index in [1.807, 2.05) is 18.2 Å². The summed E-state index contributed by atoms with van der Waals surface area (Å²) in [6, 6.07) is 14.6.